The molecule has 2 heteroatoms. The van der Waals surface area contributed by atoms with Crippen molar-refractivity contribution in [2.75, 3.05) is 12.4 Å². The van der Waals surface area contributed by atoms with Crippen molar-refractivity contribution in [2.24, 2.45) is 0 Å². The van der Waals surface area contributed by atoms with Crippen LogP contribution in [0.4, 0.5) is 5.69 Å². The smallest absolute Gasteiger partial charge is 0.124 e. The van der Waals surface area contributed by atoms with E-state index in [1.54, 1.807) is 18.2 Å². The summed E-state index contributed by atoms with van der Waals surface area (Å²) in [5.74, 6) is 0.256. The summed E-state index contributed by atoms with van der Waals surface area (Å²) in [6.45, 7) is 3.60. The standard InChI is InChI=1S/C9H11NO/c1-3-7-8(10-2)5-4-6-9(7)11/h3-6,10-11H,1H2,2H3. The number of anilines is 1. The second kappa shape index (κ2) is 3.10. The maximum absolute atomic E-state index is 9.31. The van der Waals surface area contributed by atoms with E-state index >= 15 is 0 Å². The van der Waals surface area contributed by atoms with E-state index in [0.717, 1.165) is 11.3 Å². The molecule has 0 atom stereocenters. The van der Waals surface area contributed by atoms with Crippen LogP contribution in [-0.4, -0.2) is 12.2 Å². The molecule has 58 valence electrons. The van der Waals surface area contributed by atoms with Gasteiger partial charge in [0.15, 0.2) is 0 Å². The zero-order valence-electron chi connectivity index (χ0n) is 6.46. The van der Waals surface area contributed by atoms with Crippen molar-refractivity contribution in [3.63, 3.8) is 0 Å². The van der Waals surface area contributed by atoms with Gasteiger partial charge in [-0.3, -0.25) is 0 Å². The first-order valence-corrected chi connectivity index (χ1v) is 3.41. The second-order valence-electron chi connectivity index (χ2n) is 2.19. The molecular weight excluding hydrogens is 138 g/mol. The van der Waals surface area contributed by atoms with E-state index in [1.165, 1.54) is 0 Å². The fourth-order valence-corrected chi connectivity index (χ4v) is 0.986. The number of aromatic hydroxyl groups is 1. The molecule has 0 amide bonds. The lowest BCUT2D eigenvalue weighted by molar-refractivity contribution is 0.474. The molecule has 1 aromatic rings. The second-order valence-corrected chi connectivity index (χ2v) is 2.19. The first kappa shape index (κ1) is 7.66. The van der Waals surface area contributed by atoms with Gasteiger partial charge >= 0.3 is 0 Å². The van der Waals surface area contributed by atoms with E-state index in [2.05, 4.69) is 11.9 Å². The van der Waals surface area contributed by atoms with Gasteiger partial charge in [-0.15, -0.1) is 0 Å². The van der Waals surface area contributed by atoms with E-state index in [-0.39, 0.29) is 5.75 Å². The Balaban J connectivity index is 3.24. The quantitative estimate of drug-likeness (QED) is 0.674. The zero-order valence-corrected chi connectivity index (χ0v) is 6.46. The summed E-state index contributed by atoms with van der Waals surface area (Å²) in [5, 5.41) is 12.3. The van der Waals surface area contributed by atoms with Crippen LogP contribution in [0.3, 0.4) is 0 Å². The highest BCUT2D eigenvalue weighted by molar-refractivity contribution is 5.70. The van der Waals surface area contributed by atoms with Crippen molar-refractivity contribution in [2.45, 2.75) is 0 Å². The Morgan fingerprint density at radius 2 is 2.27 bits per heavy atom. The average molecular weight is 149 g/mol. The summed E-state index contributed by atoms with van der Waals surface area (Å²) < 4.78 is 0. The molecule has 0 fully saturated rings. The van der Waals surface area contributed by atoms with E-state index in [1.807, 2.05) is 13.1 Å². The number of phenolic OH excluding ortho intramolecular Hbond substituents is 1. The van der Waals surface area contributed by atoms with Gasteiger partial charge in [-0.05, 0) is 12.1 Å². The van der Waals surface area contributed by atoms with E-state index in [9.17, 15) is 5.11 Å². The van der Waals surface area contributed by atoms with Crippen molar-refractivity contribution in [1.82, 2.24) is 0 Å². The Bertz CT molecular complexity index is 268. The normalized spacial score (nSPS) is 9.18. The van der Waals surface area contributed by atoms with Crippen LogP contribution in [0, 0.1) is 0 Å². The summed E-state index contributed by atoms with van der Waals surface area (Å²) in [5.41, 5.74) is 1.63. The summed E-state index contributed by atoms with van der Waals surface area (Å²) in [7, 11) is 1.81. The van der Waals surface area contributed by atoms with E-state index in [0.29, 0.717) is 0 Å². The minimum Gasteiger partial charge on any atom is -0.507 e. The molecule has 0 saturated heterocycles. The molecule has 0 aliphatic carbocycles. The Labute approximate surface area is 66.2 Å². The van der Waals surface area contributed by atoms with Crippen LogP contribution in [0.1, 0.15) is 5.56 Å². The molecule has 2 nitrogen and oxygen atoms in total. The highest BCUT2D eigenvalue weighted by Crippen LogP contribution is 2.25. The van der Waals surface area contributed by atoms with Gasteiger partial charge in [-0.1, -0.05) is 18.7 Å². The molecule has 0 spiro atoms. The third-order valence-corrected chi connectivity index (χ3v) is 1.56. The predicted octanol–water partition coefficient (Wildman–Crippen LogP) is 2.08. The van der Waals surface area contributed by atoms with Gasteiger partial charge in [0.1, 0.15) is 5.75 Å². The van der Waals surface area contributed by atoms with Crippen molar-refractivity contribution < 1.29 is 5.11 Å². The maximum atomic E-state index is 9.31. The van der Waals surface area contributed by atoms with Gasteiger partial charge in [0.25, 0.3) is 0 Å². The Hall–Kier alpha value is -1.44. The molecule has 0 heterocycles. The number of phenols is 1. The number of rotatable bonds is 2. The first-order valence-electron chi connectivity index (χ1n) is 3.41. The molecule has 0 aromatic heterocycles. The van der Waals surface area contributed by atoms with Crippen molar-refractivity contribution >= 4 is 11.8 Å². The molecule has 0 aliphatic heterocycles. The molecule has 11 heavy (non-hydrogen) atoms. The van der Waals surface area contributed by atoms with E-state index < -0.39 is 0 Å². The lowest BCUT2D eigenvalue weighted by Gasteiger charge is -2.05. The molecule has 0 aliphatic rings. The van der Waals surface area contributed by atoms with Gasteiger partial charge in [-0.25, -0.2) is 0 Å². The summed E-state index contributed by atoms with van der Waals surface area (Å²) in [4.78, 5) is 0. The van der Waals surface area contributed by atoms with Crippen molar-refractivity contribution in [3.8, 4) is 5.75 Å². The SMILES string of the molecule is C=Cc1c(O)cccc1NC. The fraction of sp³-hybridized carbons (Fsp3) is 0.111. The highest BCUT2D eigenvalue weighted by Gasteiger charge is 2.00. The number of hydrogen-bond donors (Lipinski definition) is 2. The third-order valence-electron chi connectivity index (χ3n) is 1.56. The molecule has 1 aromatic carbocycles. The Morgan fingerprint density at radius 1 is 1.55 bits per heavy atom. The fourth-order valence-electron chi connectivity index (χ4n) is 0.986. The van der Waals surface area contributed by atoms with Crippen LogP contribution in [0.25, 0.3) is 6.08 Å². The molecule has 0 unspecified atom stereocenters. The number of nitrogens with one attached hydrogen (secondary N) is 1. The lowest BCUT2D eigenvalue weighted by Crippen LogP contribution is -1.90. The molecule has 0 saturated carbocycles. The topological polar surface area (TPSA) is 32.3 Å². The van der Waals surface area contributed by atoms with Crippen LogP contribution in [0.15, 0.2) is 24.8 Å². The van der Waals surface area contributed by atoms with Gasteiger partial charge in [-0.2, -0.15) is 0 Å². The number of benzene rings is 1. The summed E-state index contributed by atoms with van der Waals surface area (Å²) in [6.07, 6.45) is 1.63. The van der Waals surface area contributed by atoms with Crippen molar-refractivity contribution in [3.05, 3.63) is 30.3 Å². The highest BCUT2D eigenvalue weighted by atomic mass is 16.3. The Morgan fingerprint density at radius 3 is 2.73 bits per heavy atom. The maximum Gasteiger partial charge on any atom is 0.124 e. The summed E-state index contributed by atoms with van der Waals surface area (Å²) >= 11 is 0. The van der Waals surface area contributed by atoms with Crippen LogP contribution >= 0.6 is 0 Å². The molecule has 2 N–H and O–H groups in total. The zero-order chi connectivity index (χ0) is 8.27. The van der Waals surface area contributed by atoms with Gasteiger partial charge in [0.2, 0.25) is 0 Å². The Kier molecular flexibility index (Phi) is 2.16. The average Bonchev–Trinajstić information content (AvgIpc) is 2.04. The van der Waals surface area contributed by atoms with Gasteiger partial charge in [0, 0.05) is 18.3 Å². The summed E-state index contributed by atoms with van der Waals surface area (Å²) in [6, 6.07) is 5.31. The first-order chi connectivity index (χ1) is 5.29. The minimum atomic E-state index is 0.256. The molecule has 0 radical (unpaired) electrons. The minimum absolute atomic E-state index is 0.256. The third kappa shape index (κ3) is 1.34. The van der Waals surface area contributed by atoms with Crippen LogP contribution < -0.4 is 5.32 Å². The van der Waals surface area contributed by atoms with Crippen molar-refractivity contribution in [1.29, 1.82) is 0 Å². The van der Waals surface area contributed by atoms with Crippen LogP contribution in [0.5, 0.6) is 5.75 Å². The van der Waals surface area contributed by atoms with Gasteiger partial charge in [0.05, 0.1) is 0 Å². The van der Waals surface area contributed by atoms with E-state index in [4.69, 9.17) is 0 Å². The molecule has 1 rings (SSSR count). The number of hydrogen-bond acceptors (Lipinski definition) is 2. The molecular formula is C9H11NO. The predicted molar refractivity (Wildman–Crippen MR) is 47.7 cm³/mol. The van der Waals surface area contributed by atoms with Crippen LogP contribution in [-0.2, 0) is 0 Å². The largest absolute Gasteiger partial charge is 0.507 e. The monoisotopic (exact) mass is 149 g/mol. The van der Waals surface area contributed by atoms with Gasteiger partial charge < -0.3 is 10.4 Å². The lowest BCUT2D eigenvalue weighted by atomic mass is 10.1. The molecule has 0 bridgehead atoms. The van der Waals surface area contributed by atoms with Crippen LogP contribution in [0.2, 0.25) is 0 Å².